The summed E-state index contributed by atoms with van der Waals surface area (Å²) >= 11 is 0. The van der Waals surface area contributed by atoms with Gasteiger partial charge in [-0.25, -0.2) is 8.42 Å². The van der Waals surface area contributed by atoms with Gasteiger partial charge < -0.3 is 14.8 Å². The maximum atomic E-state index is 13.3. The van der Waals surface area contributed by atoms with Crippen molar-refractivity contribution >= 4 is 21.6 Å². The number of hydrogen-bond donors (Lipinski definition) is 1. The lowest BCUT2D eigenvalue weighted by Crippen LogP contribution is -2.39. The molecule has 7 nitrogen and oxygen atoms in total. The van der Waals surface area contributed by atoms with Crippen molar-refractivity contribution in [2.45, 2.75) is 16.7 Å². The van der Waals surface area contributed by atoms with Crippen LogP contribution in [0.2, 0.25) is 0 Å². The normalized spacial score (nSPS) is 21.9. The van der Waals surface area contributed by atoms with Gasteiger partial charge in [-0.15, -0.1) is 0 Å². The van der Waals surface area contributed by atoms with Crippen LogP contribution in [0.5, 0.6) is 11.5 Å². The summed E-state index contributed by atoms with van der Waals surface area (Å²) in [6.45, 7) is 0.350. The summed E-state index contributed by atoms with van der Waals surface area (Å²) in [6.07, 6.45) is 0.432. The van der Waals surface area contributed by atoms with Gasteiger partial charge in [0.1, 0.15) is 16.4 Å². The zero-order chi connectivity index (χ0) is 19.2. The summed E-state index contributed by atoms with van der Waals surface area (Å²) in [7, 11) is -0.956. The molecule has 0 saturated carbocycles. The van der Waals surface area contributed by atoms with Crippen LogP contribution in [0.15, 0.2) is 47.4 Å². The molecule has 2 aromatic carbocycles. The highest BCUT2D eigenvalue weighted by Gasteiger charge is 2.53. The molecule has 0 aromatic heterocycles. The summed E-state index contributed by atoms with van der Waals surface area (Å²) in [5.41, 5.74) is 0.751. The first-order valence-corrected chi connectivity index (χ1v) is 9.99. The van der Waals surface area contributed by atoms with Crippen LogP contribution in [-0.4, -0.2) is 45.9 Å². The summed E-state index contributed by atoms with van der Waals surface area (Å²) in [5, 5.41) is 2.88. The van der Waals surface area contributed by atoms with Crippen molar-refractivity contribution < 1.29 is 22.7 Å². The molecule has 1 atom stereocenters. The van der Waals surface area contributed by atoms with Crippen LogP contribution in [0.4, 0.5) is 5.69 Å². The van der Waals surface area contributed by atoms with E-state index in [4.69, 9.17) is 9.47 Å². The van der Waals surface area contributed by atoms with E-state index in [1.807, 2.05) is 24.3 Å². The standard InChI is InChI=1S/C19H20N2O5S/c1-25-13-7-8-16(26-2)17(11-13)27(23,24)21-10-9-19(12-21)14-5-3-4-6-15(14)20-18(19)22/h3-8,11H,9-10,12H2,1-2H3,(H,20,22). The maximum absolute atomic E-state index is 13.3. The maximum Gasteiger partial charge on any atom is 0.246 e. The lowest BCUT2D eigenvalue weighted by molar-refractivity contribution is -0.120. The predicted molar refractivity (Wildman–Crippen MR) is 99.7 cm³/mol. The fourth-order valence-electron chi connectivity index (χ4n) is 3.88. The fourth-order valence-corrected chi connectivity index (χ4v) is 5.55. The Morgan fingerprint density at radius 2 is 1.89 bits per heavy atom. The van der Waals surface area contributed by atoms with Crippen molar-refractivity contribution in [3.8, 4) is 11.5 Å². The highest BCUT2D eigenvalue weighted by atomic mass is 32.2. The van der Waals surface area contributed by atoms with Crippen molar-refractivity contribution in [1.82, 2.24) is 4.31 Å². The van der Waals surface area contributed by atoms with Gasteiger partial charge in [0.2, 0.25) is 15.9 Å². The van der Waals surface area contributed by atoms with Gasteiger partial charge in [0.25, 0.3) is 0 Å². The van der Waals surface area contributed by atoms with Crippen LogP contribution < -0.4 is 14.8 Å². The summed E-state index contributed by atoms with van der Waals surface area (Å²) in [4.78, 5) is 12.7. The number of sulfonamides is 1. The minimum Gasteiger partial charge on any atom is -0.497 e. The topological polar surface area (TPSA) is 84.9 Å². The smallest absolute Gasteiger partial charge is 0.246 e. The highest BCUT2D eigenvalue weighted by molar-refractivity contribution is 7.89. The Morgan fingerprint density at radius 1 is 1.11 bits per heavy atom. The van der Waals surface area contributed by atoms with E-state index in [0.717, 1.165) is 11.3 Å². The van der Waals surface area contributed by atoms with E-state index in [-0.39, 0.29) is 29.6 Å². The highest BCUT2D eigenvalue weighted by Crippen LogP contribution is 2.45. The van der Waals surface area contributed by atoms with Gasteiger partial charge in [-0.3, -0.25) is 4.79 Å². The zero-order valence-electron chi connectivity index (χ0n) is 15.1. The molecule has 27 heavy (non-hydrogen) atoms. The number of carbonyl (C=O) groups is 1. The van der Waals surface area contributed by atoms with Crippen molar-refractivity contribution in [2.75, 3.05) is 32.6 Å². The molecule has 2 aromatic rings. The zero-order valence-corrected chi connectivity index (χ0v) is 15.9. The van der Waals surface area contributed by atoms with E-state index in [1.54, 1.807) is 12.1 Å². The third kappa shape index (κ3) is 2.59. The Kier molecular flexibility index (Phi) is 4.12. The summed E-state index contributed by atoms with van der Waals surface area (Å²) < 4.78 is 38.4. The molecule has 8 heteroatoms. The Hall–Kier alpha value is -2.58. The number of hydrogen-bond acceptors (Lipinski definition) is 5. The first-order valence-electron chi connectivity index (χ1n) is 8.55. The molecule has 0 aliphatic carbocycles. The largest absolute Gasteiger partial charge is 0.497 e. The Labute approximate surface area is 157 Å². The van der Waals surface area contributed by atoms with E-state index in [2.05, 4.69) is 5.32 Å². The number of nitrogens with one attached hydrogen (secondary N) is 1. The number of carbonyl (C=O) groups excluding carboxylic acids is 1. The van der Waals surface area contributed by atoms with Crippen LogP contribution in [0.3, 0.4) is 0 Å². The second kappa shape index (κ2) is 6.24. The molecule has 1 N–H and O–H groups in total. The molecule has 142 valence electrons. The molecule has 2 aliphatic rings. The lowest BCUT2D eigenvalue weighted by Gasteiger charge is -2.23. The average molecular weight is 388 g/mol. The van der Waals surface area contributed by atoms with Crippen LogP contribution in [-0.2, 0) is 20.2 Å². The third-order valence-corrected chi connectivity index (χ3v) is 7.21. The van der Waals surface area contributed by atoms with E-state index in [9.17, 15) is 13.2 Å². The molecule has 1 saturated heterocycles. The van der Waals surface area contributed by atoms with Gasteiger partial charge in [-0.05, 0) is 30.2 Å². The van der Waals surface area contributed by atoms with Gasteiger partial charge >= 0.3 is 0 Å². The van der Waals surface area contributed by atoms with Crippen molar-refractivity contribution in [2.24, 2.45) is 0 Å². The van der Waals surface area contributed by atoms with Gasteiger partial charge in [0.15, 0.2) is 0 Å². The first-order chi connectivity index (χ1) is 12.9. The SMILES string of the molecule is COc1ccc(OC)c(S(=O)(=O)N2CCC3(C2)C(=O)Nc2ccccc23)c1. The van der Waals surface area contributed by atoms with Crippen LogP contribution in [0, 0.1) is 0 Å². The molecular formula is C19H20N2O5S. The Balaban J connectivity index is 1.73. The summed E-state index contributed by atoms with van der Waals surface area (Å²) in [6, 6.07) is 12.1. The Bertz CT molecular complexity index is 1020. The first kappa shape index (κ1) is 17.8. The van der Waals surface area contributed by atoms with Gasteiger partial charge in [-0.2, -0.15) is 4.31 Å². The molecular weight excluding hydrogens is 368 g/mol. The number of nitrogens with zero attached hydrogens (tertiary/aromatic N) is 1. The molecule has 1 fully saturated rings. The van der Waals surface area contributed by atoms with Crippen LogP contribution >= 0.6 is 0 Å². The predicted octanol–water partition coefficient (Wildman–Crippen LogP) is 1.99. The molecule has 4 rings (SSSR count). The van der Waals surface area contributed by atoms with E-state index in [1.165, 1.54) is 24.6 Å². The number of fused-ring (bicyclic) bond motifs is 2. The minimum atomic E-state index is -3.86. The van der Waals surface area contributed by atoms with E-state index in [0.29, 0.717) is 12.2 Å². The second-order valence-electron chi connectivity index (χ2n) is 6.69. The molecule has 1 spiro atoms. The van der Waals surface area contributed by atoms with E-state index < -0.39 is 15.4 Å². The number of methoxy groups -OCH3 is 2. The molecule has 1 unspecified atom stereocenters. The van der Waals surface area contributed by atoms with Crippen molar-refractivity contribution in [1.29, 1.82) is 0 Å². The van der Waals surface area contributed by atoms with Crippen LogP contribution in [0.25, 0.3) is 0 Å². The fraction of sp³-hybridized carbons (Fsp3) is 0.316. The number of anilines is 1. The average Bonchev–Trinajstić information content (AvgIpc) is 3.25. The molecule has 2 aliphatic heterocycles. The van der Waals surface area contributed by atoms with Gasteiger partial charge in [0.05, 0.1) is 19.6 Å². The number of ether oxygens (including phenoxy) is 2. The lowest BCUT2D eigenvalue weighted by atomic mass is 9.81. The van der Waals surface area contributed by atoms with Crippen LogP contribution in [0.1, 0.15) is 12.0 Å². The Morgan fingerprint density at radius 3 is 2.63 bits per heavy atom. The number of para-hydroxylation sites is 1. The molecule has 0 radical (unpaired) electrons. The van der Waals surface area contributed by atoms with Crippen molar-refractivity contribution in [3.63, 3.8) is 0 Å². The monoisotopic (exact) mass is 388 g/mol. The minimum absolute atomic E-state index is 0.0353. The summed E-state index contributed by atoms with van der Waals surface area (Å²) in [5.74, 6) is 0.513. The second-order valence-corrected chi connectivity index (χ2v) is 8.59. The molecule has 2 heterocycles. The van der Waals surface area contributed by atoms with Gasteiger partial charge in [-0.1, -0.05) is 18.2 Å². The number of rotatable bonds is 4. The number of benzene rings is 2. The number of amides is 1. The third-order valence-electron chi connectivity index (χ3n) is 5.35. The molecule has 1 amide bonds. The van der Waals surface area contributed by atoms with E-state index >= 15 is 0 Å². The quantitative estimate of drug-likeness (QED) is 0.866. The van der Waals surface area contributed by atoms with Crippen molar-refractivity contribution in [3.05, 3.63) is 48.0 Å². The molecule has 0 bridgehead atoms. The van der Waals surface area contributed by atoms with Gasteiger partial charge in [0, 0.05) is 24.8 Å².